The maximum Gasteiger partial charge on any atom is 0.321 e. The zero-order valence-corrected chi connectivity index (χ0v) is 17.2. The molecule has 4 rings (SSSR count). The van der Waals surface area contributed by atoms with Crippen molar-refractivity contribution in [2.75, 3.05) is 18.4 Å². The van der Waals surface area contributed by atoms with Crippen LogP contribution in [0.5, 0.6) is 0 Å². The van der Waals surface area contributed by atoms with Crippen molar-refractivity contribution < 1.29 is 4.79 Å². The molecule has 2 aromatic heterocycles. The van der Waals surface area contributed by atoms with Crippen molar-refractivity contribution >= 4 is 11.7 Å². The number of carbonyl (C=O) groups is 1. The van der Waals surface area contributed by atoms with E-state index in [1.807, 2.05) is 47.6 Å². The summed E-state index contributed by atoms with van der Waals surface area (Å²) in [5.41, 5.74) is 5.40. The number of hydrogen-bond donors (Lipinski definition) is 1. The monoisotopic (exact) mass is 389 g/mol. The Labute approximate surface area is 171 Å². The Balaban J connectivity index is 1.41. The number of nitrogens with zero attached hydrogens (tertiary/aromatic N) is 4. The molecule has 1 saturated heterocycles. The predicted molar refractivity (Wildman–Crippen MR) is 115 cm³/mol. The van der Waals surface area contributed by atoms with E-state index in [0.29, 0.717) is 5.92 Å². The number of imidazole rings is 1. The SMILES string of the molecule is Cc1ccc(NC(=O)N2CCC(Cn3c(C)cnc3-c3cccnc3)C2)cc1C. The second kappa shape index (κ2) is 8.07. The summed E-state index contributed by atoms with van der Waals surface area (Å²) >= 11 is 0. The molecule has 1 aromatic carbocycles. The lowest BCUT2D eigenvalue weighted by Crippen LogP contribution is -2.33. The van der Waals surface area contributed by atoms with Gasteiger partial charge in [0.1, 0.15) is 5.82 Å². The average Bonchev–Trinajstić information content (AvgIpc) is 3.33. The third kappa shape index (κ3) is 4.16. The molecule has 0 spiro atoms. The first-order valence-electron chi connectivity index (χ1n) is 10.1. The van der Waals surface area contributed by atoms with Crippen LogP contribution in [0.2, 0.25) is 0 Å². The second-order valence-electron chi connectivity index (χ2n) is 7.91. The number of aryl methyl sites for hydroxylation is 3. The first kappa shape index (κ1) is 19.2. The molecule has 150 valence electrons. The van der Waals surface area contributed by atoms with Crippen LogP contribution >= 0.6 is 0 Å². The van der Waals surface area contributed by atoms with Crippen LogP contribution in [0.15, 0.2) is 48.9 Å². The summed E-state index contributed by atoms with van der Waals surface area (Å²) in [7, 11) is 0. The van der Waals surface area contributed by atoms with Gasteiger partial charge in [-0.25, -0.2) is 9.78 Å². The van der Waals surface area contributed by atoms with Gasteiger partial charge in [-0.2, -0.15) is 0 Å². The van der Waals surface area contributed by atoms with Gasteiger partial charge >= 0.3 is 6.03 Å². The van der Waals surface area contributed by atoms with Gasteiger partial charge in [-0.3, -0.25) is 4.98 Å². The van der Waals surface area contributed by atoms with E-state index < -0.39 is 0 Å². The number of likely N-dealkylation sites (tertiary alicyclic amines) is 1. The van der Waals surface area contributed by atoms with E-state index in [1.165, 1.54) is 11.1 Å². The molecule has 1 aliphatic rings. The smallest absolute Gasteiger partial charge is 0.321 e. The Morgan fingerprint density at radius 1 is 1.17 bits per heavy atom. The van der Waals surface area contributed by atoms with Crippen molar-refractivity contribution in [2.24, 2.45) is 5.92 Å². The molecule has 29 heavy (non-hydrogen) atoms. The Morgan fingerprint density at radius 2 is 2.03 bits per heavy atom. The van der Waals surface area contributed by atoms with Crippen LogP contribution in [-0.4, -0.2) is 38.6 Å². The van der Waals surface area contributed by atoms with Gasteiger partial charge in [-0.15, -0.1) is 0 Å². The highest BCUT2D eigenvalue weighted by atomic mass is 16.2. The Morgan fingerprint density at radius 3 is 2.79 bits per heavy atom. The summed E-state index contributed by atoms with van der Waals surface area (Å²) in [4.78, 5) is 23.4. The van der Waals surface area contributed by atoms with Crippen LogP contribution in [0.3, 0.4) is 0 Å². The topological polar surface area (TPSA) is 63.1 Å². The highest BCUT2D eigenvalue weighted by molar-refractivity contribution is 5.89. The standard InChI is InChI=1S/C23H27N5O/c1-16-6-7-21(11-17(16)2)26-23(29)27-10-8-19(14-27)15-28-18(3)12-25-22(28)20-5-4-9-24-13-20/h4-7,9,11-13,19H,8,10,14-15H2,1-3H3,(H,26,29). The molecule has 0 saturated carbocycles. The zero-order chi connectivity index (χ0) is 20.4. The van der Waals surface area contributed by atoms with Crippen molar-refractivity contribution in [2.45, 2.75) is 33.7 Å². The summed E-state index contributed by atoms with van der Waals surface area (Å²) < 4.78 is 2.24. The molecule has 1 fully saturated rings. The first-order valence-corrected chi connectivity index (χ1v) is 10.1. The van der Waals surface area contributed by atoms with E-state index in [-0.39, 0.29) is 6.03 Å². The fourth-order valence-corrected chi connectivity index (χ4v) is 3.86. The Hall–Kier alpha value is -3.15. The molecular weight excluding hydrogens is 362 g/mol. The van der Waals surface area contributed by atoms with Crippen LogP contribution < -0.4 is 5.32 Å². The molecule has 0 radical (unpaired) electrons. The Kier molecular flexibility index (Phi) is 5.34. The summed E-state index contributed by atoms with van der Waals surface area (Å²) in [6.45, 7) is 8.58. The van der Waals surface area contributed by atoms with E-state index in [2.05, 4.69) is 40.6 Å². The van der Waals surface area contributed by atoms with E-state index >= 15 is 0 Å². The molecule has 3 heterocycles. The third-order valence-corrected chi connectivity index (χ3v) is 5.75. The lowest BCUT2D eigenvalue weighted by atomic mass is 10.1. The molecule has 2 amide bonds. The van der Waals surface area contributed by atoms with Gasteiger partial charge in [0.15, 0.2) is 0 Å². The van der Waals surface area contributed by atoms with E-state index in [9.17, 15) is 4.79 Å². The number of carbonyl (C=O) groups excluding carboxylic acids is 1. The van der Waals surface area contributed by atoms with Crippen LogP contribution in [0, 0.1) is 26.7 Å². The summed E-state index contributed by atoms with van der Waals surface area (Å²) in [6.07, 6.45) is 6.51. The van der Waals surface area contributed by atoms with Crippen molar-refractivity contribution in [3.8, 4) is 11.4 Å². The summed E-state index contributed by atoms with van der Waals surface area (Å²) in [5, 5.41) is 3.04. The van der Waals surface area contributed by atoms with Crippen LogP contribution in [0.25, 0.3) is 11.4 Å². The van der Waals surface area contributed by atoms with E-state index in [1.54, 1.807) is 6.20 Å². The number of anilines is 1. The minimum absolute atomic E-state index is 0.0226. The van der Waals surface area contributed by atoms with Crippen LogP contribution in [0.4, 0.5) is 10.5 Å². The number of aromatic nitrogens is 3. The third-order valence-electron chi connectivity index (χ3n) is 5.75. The normalized spacial score (nSPS) is 16.2. The van der Waals surface area contributed by atoms with Gasteiger partial charge in [0, 0.05) is 55.2 Å². The van der Waals surface area contributed by atoms with Gasteiger partial charge in [0.2, 0.25) is 0 Å². The van der Waals surface area contributed by atoms with Crippen LogP contribution in [0.1, 0.15) is 23.2 Å². The quantitative estimate of drug-likeness (QED) is 0.718. The molecule has 0 bridgehead atoms. The summed E-state index contributed by atoms with van der Waals surface area (Å²) in [6, 6.07) is 9.96. The molecule has 1 N–H and O–H groups in total. The number of rotatable bonds is 4. The highest BCUT2D eigenvalue weighted by Crippen LogP contribution is 2.25. The fraction of sp³-hybridized carbons (Fsp3) is 0.348. The van der Waals surface area contributed by atoms with Crippen molar-refractivity contribution in [3.63, 3.8) is 0 Å². The Bertz CT molecular complexity index is 1010. The van der Waals surface area contributed by atoms with Crippen LogP contribution in [-0.2, 0) is 6.54 Å². The number of hydrogen-bond acceptors (Lipinski definition) is 3. The molecule has 6 heteroatoms. The van der Waals surface area contributed by atoms with E-state index in [4.69, 9.17) is 0 Å². The summed E-state index contributed by atoms with van der Waals surface area (Å²) in [5.74, 6) is 1.34. The number of amides is 2. The van der Waals surface area contributed by atoms with Crippen molar-refractivity contribution in [3.05, 3.63) is 65.7 Å². The number of pyridine rings is 1. The van der Waals surface area contributed by atoms with E-state index in [0.717, 1.165) is 48.8 Å². The minimum Gasteiger partial charge on any atom is -0.328 e. The maximum absolute atomic E-state index is 12.7. The number of nitrogens with one attached hydrogen (secondary N) is 1. The zero-order valence-electron chi connectivity index (χ0n) is 17.2. The molecule has 3 aromatic rings. The maximum atomic E-state index is 12.7. The molecule has 0 aliphatic carbocycles. The van der Waals surface area contributed by atoms with Gasteiger partial charge in [0.05, 0.1) is 0 Å². The fourth-order valence-electron chi connectivity index (χ4n) is 3.86. The minimum atomic E-state index is -0.0226. The van der Waals surface area contributed by atoms with Crippen molar-refractivity contribution in [1.29, 1.82) is 0 Å². The predicted octanol–water partition coefficient (Wildman–Crippen LogP) is 4.42. The average molecular weight is 390 g/mol. The van der Waals surface area contributed by atoms with Gasteiger partial charge in [-0.05, 0) is 68.5 Å². The van der Waals surface area contributed by atoms with Gasteiger partial charge in [-0.1, -0.05) is 6.07 Å². The number of benzene rings is 1. The largest absolute Gasteiger partial charge is 0.328 e. The lowest BCUT2D eigenvalue weighted by molar-refractivity contribution is 0.220. The van der Waals surface area contributed by atoms with Gasteiger partial charge < -0.3 is 14.8 Å². The van der Waals surface area contributed by atoms with Crippen molar-refractivity contribution in [1.82, 2.24) is 19.4 Å². The second-order valence-corrected chi connectivity index (χ2v) is 7.91. The molecule has 6 nitrogen and oxygen atoms in total. The number of urea groups is 1. The van der Waals surface area contributed by atoms with Gasteiger partial charge in [0.25, 0.3) is 0 Å². The molecule has 1 atom stereocenters. The highest BCUT2D eigenvalue weighted by Gasteiger charge is 2.27. The first-order chi connectivity index (χ1) is 14.0. The molecular formula is C23H27N5O. The molecule has 1 unspecified atom stereocenters. The molecule has 1 aliphatic heterocycles. The lowest BCUT2D eigenvalue weighted by Gasteiger charge is -2.19.